The average molecular weight is 479 g/mol. The zero-order valence-electron chi connectivity index (χ0n) is 18.1. The van der Waals surface area contributed by atoms with E-state index in [0.717, 1.165) is 16.7 Å². The van der Waals surface area contributed by atoms with Crippen molar-refractivity contribution in [1.82, 2.24) is 19.4 Å². The third-order valence-electron chi connectivity index (χ3n) is 5.88. The Labute approximate surface area is 198 Å². The van der Waals surface area contributed by atoms with Crippen LogP contribution < -0.4 is 5.56 Å². The van der Waals surface area contributed by atoms with Crippen LogP contribution in [0.2, 0.25) is 0 Å². The molecule has 1 saturated heterocycles. The van der Waals surface area contributed by atoms with E-state index in [1.165, 1.54) is 33.6 Å². The lowest BCUT2D eigenvalue weighted by atomic mass is 10.1. The minimum absolute atomic E-state index is 0.00376. The molecular formula is C24H22N4O3S2. The van der Waals surface area contributed by atoms with Crippen LogP contribution in [0, 0.1) is 6.92 Å². The van der Waals surface area contributed by atoms with Crippen molar-refractivity contribution >= 4 is 44.7 Å². The zero-order valence-corrected chi connectivity index (χ0v) is 19.7. The highest BCUT2D eigenvalue weighted by atomic mass is 32.1. The summed E-state index contributed by atoms with van der Waals surface area (Å²) in [5.74, 6) is -0.141. The molecule has 2 amide bonds. The Morgan fingerprint density at radius 3 is 2.42 bits per heavy atom. The Morgan fingerprint density at radius 2 is 1.73 bits per heavy atom. The van der Waals surface area contributed by atoms with Crippen molar-refractivity contribution in [3.05, 3.63) is 74.3 Å². The zero-order chi connectivity index (χ0) is 22.9. The first-order valence-electron chi connectivity index (χ1n) is 10.7. The quantitative estimate of drug-likeness (QED) is 0.450. The van der Waals surface area contributed by atoms with Gasteiger partial charge in [-0.1, -0.05) is 35.9 Å². The van der Waals surface area contributed by atoms with Gasteiger partial charge >= 0.3 is 0 Å². The Balaban J connectivity index is 1.31. The van der Waals surface area contributed by atoms with Crippen LogP contribution in [-0.2, 0) is 11.3 Å². The predicted molar refractivity (Wildman–Crippen MR) is 131 cm³/mol. The number of rotatable bonds is 4. The number of hydrogen-bond acceptors (Lipinski definition) is 6. The van der Waals surface area contributed by atoms with Crippen molar-refractivity contribution in [1.29, 1.82) is 0 Å². The number of benzene rings is 1. The van der Waals surface area contributed by atoms with E-state index in [1.54, 1.807) is 9.80 Å². The number of aryl methyl sites for hydroxylation is 1. The van der Waals surface area contributed by atoms with Crippen LogP contribution >= 0.6 is 22.7 Å². The van der Waals surface area contributed by atoms with Crippen molar-refractivity contribution in [2.75, 3.05) is 26.2 Å². The summed E-state index contributed by atoms with van der Waals surface area (Å²) in [4.78, 5) is 48.0. The third-order valence-corrected chi connectivity index (χ3v) is 7.62. The summed E-state index contributed by atoms with van der Waals surface area (Å²) < 4.78 is 1.39. The Kier molecular flexibility index (Phi) is 5.82. The fraction of sp³-hybridized carbons (Fsp3) is 0.250. The van der Waals surface area contributed by atoms with Crippen LogP contribution in [-0.4, -0.2) is 57.3 Å². The number of aromatic nitrogens is 2. The topological polar surface area (TPSA) is 75.5 Å². The van der Waals surface area contributed by atoms with Gasteiger partial charge in [0.25, 0.3) is 11.5 Å². The first-order chi connectivity index (χ1) is 16.0. The van der Waals surface area contributed by atoms with Gasteiger partial charge in [-0.05, 0) is 23.9 Å². The molecule has 3 aromatic heterocycles. The number of fused-ring (bicyclic) bond motifs is 1. The first kappa shape index (κ1) is 21.5. The summed E-state index contributed by atoms with van der Waals surface area (Å²) in [6.07, 6.45) is 1.45. The van der Waals surface area contributed by atoms with Crippen LogP contribution in [0.3, 0.4) is 0 Å². The number of nitrogens with zero attached hydrogens (tertiary/aromatic N) is 4. The smallest absolute Gasteiger partial charge is 0.264 e. The van der Waals surface area contributed by atoms with E-state index in [-0.39, 0.29) is 23.9 Å². The van der Waals surface area contributed by atoms with Gasteiger partial charge in [0.05, 0.1) is 16.6 Å². The number of carbonyl (C=O) groups is 2. The van der Waals surface area contributed by atoms with Crippen molar-refractivity contribution in [3.63, 3.8) is 0 Å². The lowest BCUT2D eigenvalue weighted by Gasteiger charge is -2.34. The normalized spacial score (nSPS) is 14.1. The van der Waals surface area contributed by atoms with E-state index in [1.807, 2.05) is 54.1 Å². The van der Waals surface area contributed by atoms with Crippen molar-refractivity contribution in [2.24, 2.45) is 0 Å². The van der Waals surface area contributed by atoms with Crippen LogP contribution in [0.4, 0.5) is 0 Å². The minimum Gasteiger partial charge on any atom is -0.338 e. The SMILES string of the molecule is Cc1ccc(-c2csc3ncn(CC(=O)N4CCN(C(=O)c5cccs5)CC4)c(=O)c23)cc1. The largest absolute Gasteiger partial charge is 0.338 e. The molecule has 1 aromatic carbocycles. The van der Waals surface area contributed by atoms with E-state index < -0.39 is 0 Å². The lowest BCUT2D eigenvalue weighted by molar-refractivity contribution is -0.133. The first-order valence-corrected chi connectivity index (χ1v) is 12.4. The van der Waals surface area contributed by atoms with Gasteiger partial charge < -0.3 is 9.80 Å². The summed E-state index contributed by atoms with van der Waals surface area (Å²) >= 11 is 2.85. The molecule has 0 bridgehead atoms. The van der Waals surface area contributed by atoms with Crippen molar-refractivity contribution in [3.8, 4) is 11.1 Å². The molecule has 0 radical (unpaired) electrons. The molecule has 1 aliphatic heterocycles. The molecule has 0 N–H and O–H groups in total. The third kappa shape index (κ3) is 4.21. The number of piperazine rings is 1. The van der Waals surface area contributed by atoms with Gasteiger partial charge in [0.1, 0.15) is 11.4 Å². The second kappa shape index (κ2) is 8.92. The Hall–Kier alpha value is -3.30. The van der Waals surface area contributed by atoms with Crippen LogP contribution in [0.1, 0.15) is 15.2 Å². The molecule has 7 nitrogen and oxygen atoms in total. The van der Waals surface area contributed by atoms with Gasteiger partial charge in [-0.3, -0.25) is 19.0 Å². The predicted octanol–water partition coefficient (Wildman–Crippen LogP) is 3.48. The van der Waals surface area contributed by atoms with Gasteiger partial charge in [0.15, 0.2) is 0 Å². The summed E-state index contributed by atoms with van der Waals surface area (Å²) in [5.41, 5.74) is 2.74. The number of amides is 2. The van der Waals surface area contributed by atoms with Crippen molar-refractivity contribution in [2.45, 2.75) is 13.5 Å². The fourth-order valence-electron chi connectivity index (χ4n) is 3.99. The molecule has 1 aliphatic rings. The molecule has 0 aliphatic carbocycles. The van der Waals surface area contributed by atoms with Crippen LogP contribution in [0.15, 0.2) is 58.3 Å². The maximum atomic E-state index is 13.2. The molecule has 0 spiro atoms. The van der Waals surface area contributed by atoms with Gasteiger partial charge in [-0.25, -0.2) is 4.98 Å². The molecule has 5 rings (SSSR count). The lowest BCUT2D eigenvalue weighted by Crippen LogP contribution is -2.51. The summed E-state index contributed by atoms with van der Waals surface area (Å²) in [6, 6.07) is 11.7. The second-order valence-corrected chi connectivity index (χ2v) is 9.83. The van der Waals surface area contributed by atoms with E-state index in [9.17, 15) is 14.4 Å². The Bertz CT molecular complexity index is 1370. The highest BCUT2D eigenvalue weighted by Crippen LogP contribution is 2.30. The molecule has 0 unspecified atom stereocenters. The second-order valence-electron chi connectivity index (χ2n) is 8.02. The molecule has 0 atom stereocenters. The molecule has 9 heteroatoms. The maximum absolute atomic E-state index is 13.2. The number of hydrogen-bond donors (Lipinski definition) is 0. The molecule has 0 saturated carbocycles. The molecule has 1 fully saturated rings. The van der Waals surface area contributed by atoms with E-state index in [2.05, 4.69) is 4.98 Å². The van der Waals surface area contributed by atoms with Gasteiger partial charge in [-0.2, -0.15) is 0 Å². The van der Waals surface area contributed by atoms with Gasteiger partial charge in [-0.15, -0.1) is 22.7 Å². The molecule has 168 valence electrons. The Morgan fingerprint density at radius 1 is 1.00 bits per heavy atom. The fourth-order valence-corrected chi connectivity index (χ4v) is 5.58. The van der Waals surface area contributed by atoms with Gasteiger partial charge in [0.2, 0.25) is 5.91 Å². The maximum Gasteiger partial charge on any atom is 0.264 e. The van der Waals surface area contributed by atoms with Crippen molar-refractivity contribution < 1.29 is 9.59 Å². The molecule has 33 heavy (non-hydrogen) atoms. The van der Waals surface area contributed by atoms with E-state index >= 15 is 0 Å². The number of thiophene rings is 2. The van der Waals surface area contributed by atoms with Crippen LogP contribution in [0.5, 0.6) is 0 Å². The summed E-state index contributed by atoms with van der Waals surface area (Å²) in [6.45, 7) is 3.83. The molecule has 4 aromatic rings. The van der Waals surface area contributed by atoms with Gasteiger partial charge in [0, 0.05) is 37.1 Å². The minimum atomic E-state index is -0.211. The standard InChI is InChI=1S/C24H22N4O3S2/c1-16-4-6-17(7-5-16)18-14-33-22-21(18)24(31)28(15-25-22)13-20(29)26-8-10-27(11-9-26)23(30)19-3-2-12-32-19/h2-7,12,14-15H,8-11,13H2,1H3. The van der Waals surface area contributed by atoms with E-state index in [0.29, 0.717) is 41.3 Å². The van der Waals surface area contributed by atoms with E-state index in [4.69, 9.17) is 0 Å². The highest BCUT2D eigenvalue weighted by molar-refractivity contribution is 7.17. The average Bonchev–Trinajstić information content (AvgIpc) is 3.52. The van der Waals surface area contributed by atoms with Crippen LogP contribution in [0.25, 0.3) is 21.3 Å². The highest BCUT2D eigenvalue weighted by Gasteiger charge is 2.26. The number of carbonyl (C=O) groups excluding carboxylic acids is 2. The molecule has 4 heterocycles. The summed E-state index contributed by atoms with van der Waals surface area (Å²) in [7, 11) is 0. The monoisotopic (exact) mass is 478 g/mol. The summed E-state index contributed by atoms with van der Waals surface area (Å²) in [5, 5.41) is 4.37. The molecular weight excluding hydrogens is 456 g/mol.